The molecule has 2 aromatic carbocycles. The number of thioether (sulfide) groups is 1. The van der Waals surface area contributed by atoms with Crippen LogP contribution in [-0.2, 0) is 11.2 Å². The van der Waals surface area contributed by atoms with E-state index < -0.39 is 0 Å². The topological polar surface area (TPSA) is 23.6 Å². The maximum atomic E-state index is 12.9. The quantitative estimate of drug-likeness (QED) is 0.824. The van der Waals surface area contributed by atoms with Crippen LogP contribution in [0.5, 0.6) is 0 Å². The van der Waals surface area contributed by atoms with Crippen molar-refractivity contribution in [3.05, 3.63) is 59.2 Å². The summed E-state index contributed by atoms with van der Waals surface area (Å²) in [5.74, 6) is 0.308. The molecule has 4 heteroatoms. The van der Waals surface area contributed by atoms with E-state index in [1.165, 1.54) is 27.3 Å². The lowest BCUT2D eigenvalue weighted by Gasteiger charge is -2.37. The lowest BCUT2D eigenvalue weighted by Crippen LogP contribution is -2.51. The first kappa shape index (κ1) is 16.5. The van der Waals surface area contributed by atoms with Gasteiger partial charge in [-0.15, -0.1) is 11.8 Å². The van der Waals surface area contributed by atoms with Crippen molar-refractivity contribution in [2.45, 2.75) is 30.4 Å². The van der Waals surface area contributed by atoms with Crippen LogP contribution < -0.4 is 4.90 Å². The highest BCUT2D eigenvalue weighted by atomic mass is 32.2. The molecule has 130 valence electrons. The van der Waals surface area contributed by atoms with Crippen LogP contribution in [0.1, 0.15) is 16.7 Å². The average molecular weight is 353 g/mol. The van der Waals surface area contributed by atoms with Crippen molar-refractivity contribution < 1.29 is 4.79 Å². The van der Waals surface area contributed by atoms with Crippen molar-refractivity contribution >= 4 is 23.4 Å². The summed E-state index contributed by atoms with van der Waals surface area (Å²) in [6.07, 6.45) is 0.872. The first-order chi connectivity index (χ1) is 12.1. The molecular weight excluding hydrogens is 328 g/mol. The monoisotopic (exact) mass is 352 g/mol. The van der Waals surface area contributed by atoms with Crippen LogP contribution >= 0.6 is 11.8 Å². The van der Waals surface area contributed by atoms with E-state index in [-0.39, 0.29) is 5.25 Å². The van der Waals surface area contributed by atoms with Gasteiger partial charge in [-0.1, -0.05) is 29.8 Å². The molecule has 2 heterocycles. The van der Waals surface area contributed by atoms with E-state index in [2.05, 4.69) is 66.1 Å². The average Bonchev–Trinajstić information content (AvgIpc) is 3.04. The Morgan fingerprint density at radius 3 is 2.52 bits per heavy atom. The molecule has 0 spiro atoms. The number of anilines is 1. The fourth-order valence-electron chi connectivity index (χ4n) is 3.69. The molecule has 0 bridgehead atoms. The lowest BCUT2D eigenvalue weighted by atomic mass is 10.1. The molecule has 2 aliphatic heterocycles. The molecule has 1 amide bonds. The fourth-order valence-corrected chi connectivity index (χ4v) is 5.06. The molecule has 0 aliphatic carbocycles. The molecule has 0 N–H and O–H groups in total. The third kappa shape index (κ3) is 3.40. The number of hydrogen-bond donors (Lipinski definition) is 0. The first-order valence-electron chi connectivity index (χ1n) is 8.97. The second kappa shape index (κ2) is 6.75. The van der Waals surface area contributed by atoms with Crippen LogP contribution in [0, 0.1) is 13.8 Å². The maximum absolute atomic E-state index is 12.9. The molecule has 0 radical (unpaired) electrons. The molecule has 1 fully saturated rings. The van der Waals surface area contributed by atoms with Crippen LogP contribution in [0.3, 0.4) is 0 Å². The smallest absolute Gasteiger partial charge is 0.236 e. The molecular formula is C21H24N2OS. The Hall–Kier alpha value is -1.94. The zero-order chi connectivity index (χ0) is 17.4. The third-order valence-electron chi connectivity index (χ3n) is 5.13. The number of carbonyl (C=O) groups excluding carboxylic acids is 1. The lowest BCUT2D eigenvalue weighted by molar-refractivity contribution is -0.130. The molecule has 4 rings (SSSR count). The molecule has 1 unspecified atom stereocenters. The van der Waals surface area contributed by atoms with Gasteiger partial charge in [0.1, 0.15) is 0 Å². The number of fused-ring (bicyclic) bond motifs is 1. The van der Waals surface area contributed by atoms with E-state index in [9.17, 15) is 4.79 Å². The molecule has 2 aromatic rings. The number of benzene rings is 2. The summed E-state index contributed by atoms with van der Waals surface area (Å²) >= 11 is 1.75. The Bertz CT molecular complexity index is 796. The number of rotatable bonds is 2. The highest BCUT2D eigenvalue weighted by Crippen LogP contribution is 2.38. The highest BCUT2D eigenvalue weighted by molar-refractivity contribution is 8.01. The minimum atomic E-state index is 0.0577. The summed E-state index contributed by atoms with van der Waals surface area (Å²) in [6, 6.07) is 15.2. The number of amides is 1. The van der Waals surface area contributed by atoms with Gasteiger partial charge in [-0.2, -0.15) is 0 Å². The third-order valence-corrected chi connectivity index (χ3v) is 6.42. The zero-order valence-electron chi connectivity index (χ0n) is 14.9. The highest BCUT2D eigenvalue weighted by Gasteiger charge is 2.33. The summed E-state index contributed by atoms with van der Waals surface area (Å²) in [4.78, 5) is 18.7. The summed E-state index contributed by atoms with van der Waals surface area (Å²) in [5.41, 5.74) is 5.15. The molecule has 1 atom stereocenters. The van der Waals surface area contributed by atoms with Crippen molar-refractivity contribution in [1.82, 2.24) is 4.90 Å². The van der Waals surface area contributed by atoms with Gasteiger partial charge in [-0.3, -0.25) is 4.79 Å². The molecule has 1 saturated heterocycles. The fraction of sp³-hybridized carbons (Fsp3) is 0.381. The predicted molar refractivity (Wildman–Crippen MR) is 105 cm³/mol. The Kier molecular flexibility index (Phi) is 4.46. The van der Waals surface area contributed by atoms with Gasteiger partial charge < -0.3 is 9.80 Å². The molecule has 3 nitrogen and oxygen atoms in total. The van der Waals surface area contributed by atoms with Gasteiger partial charge in [-0.25, -0.2) is 0 Å². The van der Waals surface area contributed by atoms with Gasteiger partial charge in [0.25, 0.3) is 0 Å². The number of piperazine rings is 1. The van der Waals surface area contributed by atoms with Crippen molar-refractivity contribution in [1.29, 1.82) is 0 Å². The molecule has 0 aromatic heterocycles. The van der Waals surface area contributed by atoms with E-state index in [0.29, 0.717) is 5.91 Å². The van der Waals surface area contributed by atoms with Crippen LogP contribution in [0.4, 0.5) is 5.69 Å². The Morgan fingerprint density at radius 2 is 1.76 bits per heavy atom. The van der Waals surface area contributed by atoms with Crippen molar-refractivity contribution in [2.24, 2.45) is 0 Å². The van der Waals surface area contributed by atoms with Crippen LogP contribution in [-0.4, -0.2) is 42.2 Å². The Labute approximate surface area is 154 Å². The number of carbonyl (C=O) groups is 1. The molecule has 25 heavy (non-hydrogen) atoms. The Morgan fingerprint density at radius 1 is 1.00 bits per heavy atom. The normalized spacial score (nSPS) is 19.8. The minimum Gasteiger partial charge on any atom is -0.368 e. The second-order valence-corrected chi connectivity index (χ2v) is 8.32. The standard InChI is InChI=1S/C21H24N2OS/c1-15-4-3-5-18(12-15)22-8-10-23(11-9-22)21(24)20-14-17-7-6-16(2)13-19(17)25-20/h3-7,12-13,20H,8-11,14H2,1-2H3. The van der Waals surface area contributed by atoms with Crippen LogP contribution in [0.2, 0.25) is 0 Å². The van der Waals surface area contributed by atoms with Gasteiger partial charge in [0, 0.05) is 36.8 Å². The summed E-state index contributed by atoms with van der Waals surface area (Å²) < 4.78 is 0. The zero-order valence-corrected chi connectivity index (χ0v) is 15.7. The van der Waals surface area contributed by atoms with E-state index >= 15 is 0 Å². The van der Waals surface area contributed by atoms with E-state index in [4.69, 9.17) is 0 Å². The van der Waals surface area contributed by atoms with Gasteiger partial charge in [0.05, 0.1) is 5.25 Å². The van der Waals surface area contributed by atoms with Gasteiger partial charge in [0.2, 0.25) is 5.91 Å². The predicted octanol–water partition coefficient (Wildman–Crippen LogP) is 3.67. The Balaban J connectivity index is 1.37. The van der Waals surface area contributed by atoms with E-state index in [1.807, 2.05) is 0 Å². The largest absolute Gasteiger partial charge is 0.368 e. The molecule has 0 saturated carbocycles. The second-order valence-electron chi connectivity index (χ2n) is 7.07. The van der Waals surface area contributed by atoms with Crippen molar-refractivity contribution in [2.75, 3.05) is 31.1 Å². The summed E-state index contributed by atoms with van der Waals surface area (Å²) in [5, 5.41) is 0.0577. The number of hydrogen-bond acceptors (Lipinski definition) is 3. The summed E-state index contributed by atoms with van der Waals surface area (Å²) in [7, 11) is 0. The van der Waals surface area contributed by atoms with Gasteiger partial charge in [0.15, 0.2) is 0 Å². The van der Waals surface area contributed by atoms with E-state index in [0.717, 1.165) is 32.6 Å². The van der Waals surface area contributed by atoms with Crippen LogP contribution in [0.25, 0.3) is 0 Å². The van der Waals surface area contributed by atoms with Crippen molar-refractivity contribution in [3.63, 3.8) is 0 Å². The SMILES string of the molecule is Cc1cccc(N2CCN(C(=O)C3Cc4ccc(C)cc4S3)CC2)c1. The minimum absolute atomic E-state index is 0.0577. The molecule has 2 aliphatic rings. The van der Waals surface area contributed by atoms with Crippen LogP contribution in [0.15, 0.2) is 47.4 Å². The van der Waals surface area contributed by atoms with Gasteiger partial charge in [-0.05, 0) is 49.6 Å². The van der Waals surface area contributed by atoms with E-state index in [1.54, 1.807) is 11.8 Å². The van der Waals surface area contributed by atoms with Crippen molar-refractivity contribution in [3.8, 4) is 0 Å². The van der Waals surface area contributed by atoms with Gasteiger partial charge >= 0.3 is 0 Å². The number of aryl methyl sites for hydroxylation is 2. The number of nitrogens with zero attached hydrogens (tertiary/aromatic N) is 2. The maximum Gasteiger partial charge on any atom is 0.236 e. The summed E-state index contributed by atoms with van der Waals surface area (Å²) in [6.45, 7) is 7.70. The first-order valence-corrected chi connectivity index (χ1v) is 9.85.